The Kier molecular flexibility index (Phi) is 12.5. The molecule has 1 aromatic heterocycles. The number of ether oxygens (including phenoxy) is 1. The van der Waals surface area contributed by atoms with Gasteiger partial charge in [0.05, 0.1) is 34.6 Å². The van der Waals surface area contributed by atoms with E-state index in [1.165, 1.54) is 19.2 Å². The fourth-order valence-electron chi connectivity index (χ4n) is 5.10. The van der Waals surface area contributed by atoms with E-state index in [9.17, 15) is 18.3 Å². The van der Waals surface area contributed by atoms with E-state index in [4.69, 9.17) is 10.1 Å². The van der Waals surface area contributed by atoms with Gasteiger partial charge in [0.15, 0.2) is 0 Å². The van der Waals surface area contributed by atoms with Gasteiger partial charge in [-0.25, -0.2) is 13.4 Å². The van der Waals surface area contributed by atoms with Crippen LogP contribution in [0.3, 0.4) is 0 Å². The number of amides is 1. The zero-order valence-electron chi connectivity index (χ0n) is 26.8. The maximum absolute atomic E-state index is 13.5. The largest absolute Gasteiger partial charge is 0.393 e. The van der Waals surface area contributed by atoms with Gasteiger partial charge in [0, 0.05) is 50.1 Å². The average Bonchev–Trinajstić information content (AvgIpc) is 3.07. The molecule has 0 saturated heterocycles. The summed E-state index contributed by atoms with van der Waals surface area (Å²) in [5.41, 5.74) is 1.99. The lowest BCUT2D eigenvalue weighted by atomic mass is 9.93. The first kappa shape index (κ1) is 34.8. The van der Waals surface area contributed by atoms with Crippen LogP contribution >= 0.6 is 0 Å². The summed E-state index contributed by atoms with van der Waals surface area (Å²) in [5, 5.41) is 28.4. The maximum atomic E-state index is 13.5. The second-order valence-corrected chi connectivity index (χ2v) is 13.2. The second-order valence-electron chi connectivity index (χ2n) is 11.3. The molecule has 1 aliphatic carbocycles. The predicted octanol–water partition coefficient (Wildman–Crippen LogP) is 4.41. The van der Waals surface area contributed by atoms with Crippen LogP contribution in [-0.4, -0.2) is 80.6 Å². The topological polar surface area (TPSA) is 170 Å². The highest BCUT2D eigenvalue weighted by molar-refractivity contribution is 7.92. The first-order valence-corrected chi connectivity index (χ1v) is 17.3. The molecule has 12 nitrogen and oxygen atoms in total. The molecule has 1 amide bonds. The number of hydrogen-bond donors (Lipinski definition) is 5. The summed E-state index contributed by atoms with van der Waals surface area (Å²) in [6.45, 7) is 6.10. The number of aromatic nitrogens is 2. The van der Waals surface area contributed by atoms with E-state index in [0.29, 0.717) is 66.7 Å². The summed E-state index contributed by atoms with van der Waals surface area (Å²) in [6.07, 6.45) is 6.34. The number of nitrogens with one attached hydrogen (secondary N) is 4. The summed E-state index contributed by atoms with van der Waals surface area (Å²) < 4.78 is 33.3. The van der Waals surface area contributed by atoms with Crippen molar-refractivity contribution in [1.82, 2.24) is 15.3 Å². The van der Waals surface area contributed by atoms with Crippen LogP contribution in [0.4, 0.5) is 17.5 Å². The fourth-order valence-corrected chi connectivity index (χ4v) is 6.30. The van der Waals surface area contributed by atoms with Crippen molar-refractivity contribution in [3.05, 3.63) is 71.4 Å². The van der Waals surface area contributed by atoms with Crippen LogP contribution in [0.25, 0.3) is 0 Å². The van der Waals surface area contributed by atoms with E-state index in [1.807, 2.05) is 6.92 Å². The monoisotopic (exact) mass is 651 g/mol. The normalized spacial score (nSPS) is 16.4. The molecule has 13 heteroatoms. The quantitative estimate of drug-likeness (QED) is 0.111. The summed E-state index contributed by atoms with van der Waals surface area (Å²) in [4.78, 5) is 21.6. The van der Waals surface area contributed by atoms with E-state index >= 15 is 0 Å². The highest BCUT2D eigenvalue weighted by Gasteiger charge is 2.24. The number of sulfonamides is 1. The molecule has 248 valence electrons. The molecule has 0 atom stereocenters. The van der Waals surface area contributed by atoms with Crippen molar-refractivity contribution in [2.45, 2.75) is 69.4 Å². The molecule has 0 spiro atoms. The first-order valence-electron chi connectivity index (χ1n) is 15.8. The number of rotatable bonds is 16. The van der Waals surface area contributed by atoms with Crippen molar-refractivity contribution in [2.75, 3.05) is 48.3 Å². The Labute approximate surface area is 271 Å². The number of carbonyl (C=O) groups is 1. The molecule has 1 fully saturated rings. The summed E-state index contributed by atoms with van der Waals surface area (Å²) in [5.74, 6) is 0.741. The standard InChI is InChI=1S/C33H45N7O5S/c1-4-6-19-36-33-37-22-29(31(39-33)38-25-11-15-27(41)16-12-25)30(34)23-9-17-28(18-10-23)46(43,44)40(3)26-13-7-24(8-14-26)32(42)35-20-21-45-5-2/h7-10,13-14,17-18,22,25,27,34,41H,4-6,11-12,15-16,19-21H2,1-3H3,(H,35,42)(H2,36,37,38,39). The smallest absolute Gasteiger partial charge is 0.264 e. The number of unbranched alkanes of at least 4 members (excludes halogenated alkanes) is 1. The minimum atomic E-state index is -3.92. The Morgan fingerprint density at radius 2 is 1.70 bits per heavy atom. The predicted molar refractivity (Wildman–Crippen MR) is 181 cm³/mol. The molecule has 1 heterocycles. The lowest BCUT2D eigenvalue weighted by Gasteiger charge is -2.27. The molecule has 3 aromatic rings. The molecule has 5 N–H and O–H groups in total. The summed E-state index contributed by atoms with van der Waals surface area (Å²) in [7, 11) is -2.46. The van der Waals surface area contributed by atoms with Crippen LogP contribution in [0.15, 0.2) is 59.6 Å². The molecule has 0 radical (unpaired) electrons. The lowest BCUT2D eigenvalue weighted by Crippen LogP contribution is -2.29. The Hall–Kier alpha value is -4.07. The van der Waals surface area contributed by atoms with E-state index in [-0.39, 0.29) is 28.7 Å². The van der Waals surface area contributed by atoms with Crippen molar-refractivity contribution in [2.24, 2.45) is 0 Å². The molecule has 4 rings (SSSR count). The van der Waals surface area contributed by atoms with Gasteiger partial charge in [-0.05, 0) is 75.4 Å². The molecule has 0 unspecified atom stereocenters. The highest BCUT2D eigenvalue weighted by atomic mass is 32.2. The van der Waals surface area contributed by atoms with Crippen molar-refractivity contribution >= 4 is 39.1 Å². The first-order chi connectivity index (χ1) is 22.1. The molecule has 0 bridgehead atoms. The van der Waals surface area contributed by atoms with Gasteiger partial charge >= 0.3 is 0 Å². The lowest BCUT2D eigenvalue weighted by molar-refractivity contribution is 0.0922. The van der Waals surface area contributed by atoms with Gasteiger partial charge in [-0.1, -0.05) is 25.5 Å². The van der Waals surface area contributed by atoms with Crippen molar-refractivity contribution in [3.8, 4) is 0 Å². The average molecular weight is 652 g/mol. The van der Waals surface area contributed by atoms with Crippen molar-refractivity contribution in [1.29, 1.82) is 5.41 Å². The van der Waals surface area contributed by atoms with Gasteiger partial charge in [0.2, 0.25) is 5.95 Å². The molecule has 1 aliphatic rings. The fraction of sp³-hybridized carbons (Fsp3) is 0.455. The Bertz CT molecular complexity index is 1560. The molecule has 46 heavy (non-hydrogen) atoms. The third kappa shape index (κ3) is 9.02. The number of benzene rings is 2. The van der Waals surface area contributed by atoms with Gasteiger partial charge in [-0.15, -0.1) is 0 Å². The number of anilines is 3. The minimum Gasteiger partial charge on any atom is -0.393 e. The third-order valence-electron chi connectivity index (χ3n) is 7.94. The molecular weight excluding hydrogens is 606 g/mol. The number of aliphatic hydroxyl groups is 1. The van der Waals surface area contributed by atoms with Gasteiger partial charge < -0.3 is 25.8 Å². The van der Waals surface area contributed by atoms with Gasteiger partial charge in [0.1, 0.15) is 5.82 Å². The third-order valence-corrected chi connectivity index (χ3v) is 9.74. The van der Waals surface area contributed by atoms with Gasteiger partial charge in [-0.2, -0.15) is 4.98 Å². The van der Waals surface area contributed by atoms with Gasteiger partial charge in [0.25, 0.3) is 15.9 Å². The second kappa shape index (κ2) is 16.5. The number of carbonyl (C=O) groups excluding carboxylic acids is 1. The number of nitrogens with zero attached hydrogens (tertiary/aromatic N) is 3. The molecule has 1 saturated carbocycles. The molecule has 2 aromatic carbocycles. The van der Waals surface area contributed by atoms with Crippen LogP contribution in [0.1, 0.15) is 73.9 Å². The van der Waals surface area contributed by atoms with E-state index in [1.54, 1.807) is 42.6 Å². The zero-order valence-corrected chi connectivity index (χ0v) is 27.6. The summed E-state index contributed by atoms with van der Waals surface area (Å²) in [6, 6.07) is 12.6. The zero-order chi connectivity index (χ0) is 33.1. The maximum Gasteiger partial charge on any atom is 0.264 e. The van der Waals surface area contributed by atoms with Crippen LogP contribution in [0.5, 0.6) is 0 Å². The summed E-state index contributed by atoms with van der Waals surface area (Å²) >= 11 is 0. The van der Waals surface area contributed by atoms with Crippen LogP contribution < -0.4 is 20.3 Å². The number of hydrogen-bond acceptors (Lipinski definition) is 10. The number of aliphatic hydroxyl groups excluding tert-OH is 1. The van der Waals surface area contributed by atoms with Crippen LogP contribution in [-0.2, 0) is 14.8 Å². The van der Waals surface area contributed by atoms with Gasteiger partial charge in [-0.3, -0.25) is 14.5 Å². The van der Waals surface area contributed by atoms with E-state index in [2.05, 4.69) is 32.8 Å². The minimum absolute atomic E-state index is 0.0649. The highest BCUT2D eigenvalue weighted by Crippen LogP contribution is 2.27. The Morgan fingerprint density at radius 3 is 2.35 bits per heavy atom. The molecular formula is C33H45N7O5S. The van der Waals surface area contributed by atoms with E-state index in [0.717, 1.165) is 36.5 Å². The van der Waals surface area contributed by atoms with Crippen LogP contribution in [0, 0.1) is 5.41 Å². The molecule has 0 aliphatic heterocycles. The van der Waals surface area contributed by atoms with E-state index < -0.39 is 10.0 Å². The van der Waals surface area contributed by atoms with Crippen molar-refractivity contribution in [3.63, 3.8) is 0 Å². The van der Waals surface area contributed by atoms with Crippen LogP contribution in [0.2, 0.25) is 0 Å². The Morgan fingerprint density at radius 1 is 1.02 bits per heavy atom. The Balaban J connectivity index is 1.48. The van der Waals surface area contributed by atoms with Crippen molar-refractivity contribution < 1.29 is 23.1 Å². The SMILES string of the molecule is CCCCNc1ncc(C(=N)c2ccc(S(=O)(=O)N(C)c3ccc(C(=O)NCCOCC)cc3)cc2)c(NC2CCC(O)CC2)n1.